The van der Waals surface area contributed by atoms with E-state index in [1.807, 2.05) is 0 Å². The molecule has 0 saturated carbocycles. The van der Waals surface area contributed by atoms with Gasteiger partial charge in [0.25, 0.3) is 0 Å². The maximum absolute atomic E-state index is 13.0. The molecule has 0 aromatic heterocycles. The molecule has 28 heavy (non-hydrogen) atoms. The molecule has 1 aromatic carbocycles. The first-order valence-corrected chi connectivity index (χ1v) is 8.78. The normalized spacial score (nSPS) is 22.1. The molecule has 3 rings (SSSR count). The van der Waals surface area contributed by atoms with Crippen LogP contribution in [0.3, 0.4) is 0 Å². The molecule has 2 saturated heterocycles. The number of hydrogen-bond donors (Lipinski definition) is 2. The van der Waals surface area contributed by atoms with Crippen molar-refractivity contribution in [3.8, 4) is 0 Å². The lowest BCUT2D eigenvalue weighted by molar-refractivity contribution is -0.154. The lowest BCUT2D eigenvalue weighted by Crippen LogP contribution is -2.71. The molecule has 0 radical (unpaired) electrons. The molecule has 7 nitrogen and oxygen atoms in total. The molecule has 2 heterocycles. The molecule has 2 fully saturated rings. The quantitative estimate of drug-likeness (QED) is 0.698. The SMILES string of the molecule is CC1(C)C(=O)NC(=S)N2C(=O)C[C@H](C(=O)Nc3ccc(Cl)c(C(F)(F)F)c3)N21. The van der Waals surface area contributed by atoms with Crippen LogP contribution in [-0.2, 0) is 20.6 Å². The number of rotatable bonds is 2. The van der Waals surface area contributed by atoms with Crippen molar-refractivity contribution in [2.75, 3.05) is 5.32 Å². The van der Waals surface area contributed by atoms with Gasteiger partial charge in [-0.3, -0.25) is 19.7 Å². The van der Waals surface area contributed by atoms with E-state index in [-0.39, 0.29) is 17.2 Å². The fourth-order valence-electron chi connectivity index (χ4n) is 3.11. The van der Waals surface area contributed by atoms with Gasteiger partial charge in [-0.2, -0.15) is 18.2 Å². The summed E-state index contributed by atoms with van der Waals surface area (Å²) in [5.41, 5.74) is -2.53. The maximum Gasteiger partial charge on any atom is 0.417 e. The van der Waals surface area contributed by atoms with E-state index in [1.54, 1.807) is 0 Å². The van der Waals surface area contributed by atoms with E-state index < -0.39 is 46.1 Å². The van der Waals surface area contributed by atoms with E-state index in [1.165, 1.54) is 24.9 Å². The van der Waals surface area contributed by atoms with Crippen LogP contribution in [0.15, 0.2) is 18.2 Å². The number of thiocarbonyl (C=S) groups is 1. The number of nitrogens with zero attached hydrogens (tertiary/aromatic N) is 2. The smallest absolute Gasteiger partial charge is 0.325 e. The number of anilines is 1. The number of halogens is 4. The Labute approximate surface area is 167 Å². The zero-order valence-corrected chi connectivity index (χ0v) is 16.1. The summed E-state index contributed by atoms with van der Waals surface area (Å²) in [5.74, 6) is -1.77. The summed E-state index contributed by atoms with van der Waals surface area (Å²) < 4.78 is 39.0. The minimum Gasteiger partial charge on any atom is -0.325 e. The van der Waals surface area contributed by atoms with Crippen molar-refractivity contribution >= 4 is 52.3 Å². The van der Waals surface area contributed by atoms with Gasteiger partial charge in [0.05, 0.1) is 17.0 Å². The molecular weight excluding hydrogens is 421 g/mol. The van der Waals surface area contributed by atoms with Crippen LogP contribution in [-0.4, -0.2) is 44.4 Å². The van der Waals surface area contributed by atoms with Crippen LogP contribution < -0.4 is 10.6 Å². The Morgan fingerprint density at radius 3 is 2.61 bits per heavy atom. The average Bonchev–Trinajstić information content (AvgIpc) is 2.93. The number of alkyl halides is 3. The van der Waals surface area contributed by atoms with Crippen LogP contribution in [0.5, 0.6) is 0 Å². The van der Waals surface area contributed by atoms with Crippen LogP contribution in [0, 0.1) is 0 Å². The molecular formula is C16H14ClF3N4O3S. The van der Waals surface area contributed by atoms with E-state index >= 15 is 0 Å². The van der Waals surface area contributed by atoms with Crippen molar-refractivity contribution in [2.45, 2.75) is 38.0 Å². The van der Waals surface area contributed by atoms with Gasteiger partial charge in [0.2, 0.25) is 17.7 Å². The average molecular weight is 435 g/mol. The molecule has 0 aliphatic carbocycles. The fourth-order valence-corrected chi connectivity index (χ4v) is 3.61. The molecule has 0 unspecified atom stereocenters. The van der Waals surface area contributed by atoms with Crippen molar-refractivity contribution in [3.05, 3.63) is 28.8 Å². The largest absolute Gasteiger partial charge is 0.417 e. The Morgan fingerprint density at radius 1 is 1.36 bits per heavy atom. The predicted molar refractivity (Wildman–Crippen MR) is 97.0 cm³/mol. The van der Waals surface area contributed by atoms with Gasteiger partial charge in [-0.05, 0) is 44.3 Å². The van der Waals surface area contributed by atoms with Crippen molar-refractivity contribution in [1.29, 1.82) is 0 Å². The van der Waals surface area contributed by atoms with Gasteiger partial charge in [-0.15, -0.1) is 0 Å². The van der Waals surface area contributed by atoms with E-state index in [0.29, 0.717) is 6.07 Å². The Hall–Kier alpha value is -2.24. The number of fused-ring (bicyclic) bond motifs is 1. The third-order valence-electron chi connectivity index (χ3n) is 4.50. The lowest BCUT2D eigenvalue weighted by Gasteiger charge is -2.45. The topological polar surface area (TPSA) is 81.8 Å². The highest BCUT2D eigenvalue weighted by Gasteiger charge is 2.56. The van der Waals surface area contributed by atoms with Crippen molar-refractivity contribution in [1.82, 2.24) is 15.3 Å². The first-order chi connectivity index (χ1) is 12.8. The second kappa shape index (κ2) is 6.68. The summed E-state index contributed by atoms with van der Waals surface area (Å²) >= 11 is 10.6. The van der Waals surface area contributed by atoms with Gasteiger partial charge in [0.15, 0.2) is 5.11 Å². The van der Waals surface area contributed by atoms with Crippen molar-refractivity contribution < 1.29 is 27.6 Å². The minimum atomic E-state index is -4.70. The molecule has 0 bridgehead atoms. The third kappa shape index (κ3) is 3.33. The number of hydrogen-bond acceptors (Lipinski definition) is 5. The highest BCUT2D eigenvalue weighted by Crippen LogP contribution is 2.37. The number of hydrazine groups is 1. The van der Waals surface area contributed by atoms with E-state index in [4.69, 9.17) is 23.8 Å². The van der Waals surface area contributed by atoms with Gasteiger partial charge in [0, 0.05) is 5.69 Å². The molecule has 1 atom stereocenters. The van der Waals surface area contributed by atoms with Crippen LogP contribution in [0.25, 0.3) is 0 Å². The van der Waals surface area contributed by atoms with E-state index in [0.717, 1.165) is 11.1 Å². The number of benzene rings is 1. The van der Waals surface area contributed by atoms with Crippen LogP contribution in [0.1, 0.15) is 25.8 Å². The molecule has 2 aliphatic rings. The summed E-state index contributed by atoms with van der Waals surface area (Å²) in [6.07, 6.45) is -4.98. The summed E-state index contributed by atoms with van der Waals surface area (Å²) in [4.78, 5) is 37.3. The standard InChI is InChI=1S/C16H14ClF3N4O3S/c1-15(2)13(27)22-14(28)23-11(25)6-10(24(15)23)12(26)21-7-3-4-9(17)8(5-7)16(18,19)20/h3-5,10H,6H2,1-2H3,(H,21,26)(H,22,27,28)/t10-/m1/s1. The van der Waals surface area contributed by atoms with Crippen LogP contribution in [0.4, 0.5) is 18.9 Å². The second-order valence-corrected chi connectivity index (χ2v) is 7.56. The molecule has 150 valence electrons. The van der Waals surface area contributed by atoms with Gasteiger partial charge < -0.3 is 5.32 Å². The molecule has 2 aliphatic heterocycles. The Kier molecular flexibility index (Phi) is 4.89. The minimum absolute atomic E-state index is 0.144. The first-order valence-electron chi connectivity index (χ1n) is 7.99. The number of amides is 3. The third-order valence-corrected chi connectivity index (χ3v) is 5.10. The highest BCUT2D eigenvalue weighted by atomic mass is 35.5. The molecule has 0 spiro atoms. The summed E-state index contributed by atoms with van der Waals surface area (Å²) in [6, 6.07) is 1.80. The number of carbonyl (C=O) groups is 3. The fraction of sp³-hybridized carbons (Fsp3) is 0.375. The zero-order chi connectivity index (χ0) is 21.0. The number of carbonyl (C=O) groups excluding carboxylic acids is 3. The van der Waals surface area contributed by atoms with Gasteiger partial charge in [-0.1, -0.05) is 11.6 Å². The highest BCUT2D eigenvalue weighted by molar-refractivity contribution is 7.80. The van der Waals surface area contributed by atoms with Gasteiger partial charge >= 0.3 is 6.18 Å². The zero-order valence-electron chi connectivity index (χ0n) is 14.6. The van der Waals surface area contributed by atoms with Crippen LogP contribution >= 0.6 is 23.8 Å². The molecule has 12 heteroatoms. The maximum atomic E-state index is 13.0. The number of nitrogens with one attached hydrogen (secondary N) is 2. The lowest BCUT2D eigenvalue weighted by atomic mass is 10.00. The van der Waals surface area contributed by atoms with E-state index in [9.17, 15) is 27.6 Å². The second-order valence-electron chi connectivity index (χ2n) is 6.77. The van der Waals surface area contributed by atoms with Gasteiger partial charge in [0.1, 0.15) is 11.6 Å². The van der Waals surface area contributed by atoms with E-state index in [2.05, 4.69) is 10.6 Å². The predicted octanol–water partition coefficient (Wildman–Crippen LogP) is 2.31. The molecule has 1 aromatic rings. The Morgan fingerprint density at radius 2 is 2.00 bits per heavy atom. The first kappa shape index (κ1) is 20.5. The van der Waals surface area contributed by atoms with Gasteiger partial charge in [-0.25, -0.2) is 5.01 Å². The molecule has 3 amide bonds. The summed E-state index contributed by atoms with van der Waals surface area (Å²) in [7, 11) is 0. The van der Waals surface area contributed by atoms with Crippen molar-refractivity contribution in [2.24, 2.45) is 0 Å². The van der Waals surface area contributed by atoms with Crippen molar-refractivity contribution in [3.63, 3.8) is 0 Å². The Balaban J connectivity index is 1.90. The Bertz CT molecular complexity index is 906. The summed E-state index contributed by atoms with van der Waals surface area (Å²) in [5, 5.41) is 6.36. The van der Waals surface area contributed by atoms with Crippen LogP contribution in [0.2, 0.25) is 5.02 Å². The summed E-state index contributed by atoms with van der Waals surface area (Å²) in [6.45, 7) is 3.00. The monoisotopic (exact) mass is 434 g/mol. The molecule has 2 N–H and O–H groups in total.